The molecule has 78 valence electrons. The molecule has 0 saturated heterocycles. The number of rotatable bonds is 8. The summed E-state index contributed by atoms with van der Waals surface area (Å²) in [5.41, 5.74) is 5.31. The van der Waals surface area contributed by atoms with Crippen molar-refractivity contribution in [2.24, 2.45) is 5.73 Å². The van der Waals surface area contributed by atoms with Crippen LogP contribution in [0.15, 0.2) is 0 Å². The number of aliphatic hydroxyl groups excluding tert-OH is 1. The third kappa shape index (κ3) is 7.74. The fraction of sp³-hybridized carbons (Fsp3) is 0.889. The van der Waals surface area contributed by atoms with Gasteiger partial charge in [0.1, 0.15) is 0 Å². The van der Waals surface area contributed by atoms with Crippen LogP contribution in [0.1, 0.15) is 38.5 Å². The van der Waals surface area contributed by atoms with Crippen LogP contribution in [0.3, 0.4) is 0 Å². The summed E-state index contributed by atoms with van der Waals surface area (Å²) in [7, 11) is 0. The van der Waals surface area contributed by atoms with E-state index in [0.717, 1.165) is 38.6 Å². The van der Waals surface area contributed by atoms with Gasteiger partial charge in [-0.05, 0) is 19.4 Å². The number of carboxylic acid groups (broad SMARTS) is 1. The molecule has 0 aromatic rings. The first-order chi connectivity index (χ1) is 6.18. The van der Waals surface area contributed by atoms with Gasteiger partial charge in [0.2, 0.25) is 0 Å². The second kappa shape index (κ2) is 8.01. The quantitative estimate of drug-likeness (QED) is 0.491. The maximum Gasteiger partial charge on any atom is 0.332 e. The number of aliphatic hydroxyl groups is 1. The molecule has 1 unspecified atom stereocenters. The summed E-state index contributed by atoms with van der Waals surface area (Å²) in [4.78, 5) is 10.2. The number of nitrogens with two attached hydrogens (primary N) is 1. The molecule has 0 fully saturated rings. The van der Waals surface area contributed by atoms with Gasteiger partial charge < -0.3 is 15.9 Å². The van der Waals surface area contributed by atoms with Gasteiger partial charge in [0.05, 0.1) is 0 Å². The molecule has 1 atom stereocenters. The van der Waals surface area contributed by atoms with Crippen LogP contribution < -0.4 is 5.73 Å². The Labute approximate surface area is 78.7 Å². The SMILES string of the molecule is NCCCCCCCC(O)C(=O)O. The molecule has 0 bridgehead atoms. The van der Waals surface area contributed by atoms with E-state index in [1.54, 1.807) is 0 Å². The highest BCUT2D eigenvalue weighted by Gasteiger charge is 2.11. The fourth-order valence-corrected chi connectivity index (χ4v) is 1.14. The average molecular weight is 189 g/mol. The number of hydrogen-bond acceptors (Lipinski definition) is 3. The van der Waals surface area contributed by atoms with E-state index in [4.69, 9.17) is 15.9 Å². The monoisotopic (exact) mass is 189 g/mol. The van der Waals surface area contributed by atoms with Crippen molar-refractivity contribution in [3.63, 3.8) is 0 Å². The second-order valence-corrected chi connectivity index (χ2v) is 3.20. The second-order valence-electron chi connectivity index (χ2n) is 3.20. The van der Waals surface area contributed by atoms with E-state index in [-0.39, 0.29) is 0 Å². The lowest BCUT2D eigenvalue weighted by Gasteiger charge is -2.04. The molecular formula is C9H19NO3. The zero-order valence-corrected chi connectivity index (χ0v) is 7.91. The number of aliphatic carboxylic acids is 1. The van der Waals surface area contributed by atoms with Crippen molar-refractivity contribution in [3.8, 4) is 0 Å². The first-order valence-electron chi connectivity index (χ1n) is 4.79. The molecule has 0 radical (unpaired) electrons. The van der Waals surface area contributed by atoms with Crippen LogP contribution in [0, 0.1) is 0 Å². The van der Waals surface area contributed by atoms with Crippen LogP contribution in [-0.4, -0.2) is 28.8 Å². The maximum atomic E-state index is 10.2. The summed E-state index contributed by atoms with van der Waals surface area (Å²) in [5.74, 6) is -1.12. The van der Waals surface area contributed by atoms with E-state index < -0.39 is 12.1 Å². The van der Waals surface area contributed by atoms with Crippen molar-refractivity contribution in [1.29, 1.82) is 0 Å². The zero-order chi connectivity index (χ0) is 10.1. The highest BCUT2D eigenvalue weighted by Crippen LogP contribution is 2.06. The molecule has 0 aromatic carbocycles. The Hall–Kier alpha value is -0.610. The molecule has 0 heterocycles. The van der Waals surface area contributed by atoms with E-state index in [0.29, 0.717) is 6.42 Å². The highest BCUT2D eigenvalue weighted by atomic mass is 16.4. The Bertz CT molecular complexity index is 139. The molecule has 0 aliphatic rings. The summed E-state index contributed by atoms with van der Waals surface area (Å²) in [6.45, 7) is 0.720. The van der Waals surface area contributed by atoms with Gasteiger partial charge in [-0.15, -0.1) is 0 Å². The number of unbranched alkanes of at least 4 members (excludes halogenated alkanes) is 4. The highest BCUT2D eigenvalue weighted by molar-refractivity contribution is 5.71. The smallest absolute Gasteiger partial charge is 0.332 e. The van der Waals surface area contributed by atoms with Gasteiger partial charge in [0.15, 0.2) is 6.10 Å². The molecule has 13 heavy (non-hydrogen) atoms. The van der Waals surface area contributed by atoms with Crippen LogP contribution in [0.2, 0.25) is 0 Å². The summed E-state index contributed by atoms with van der Waals surface area (Å²) in [5, 5.41) is 17.3. The number of carbonyl (C=O) groups is 1. The normalized spacial score (nSPS) is 12.8. The standard InChI is InChI=1S/C9H19NO3/c10-7-5-3-1-2-4-6-8(11)9(12)13/h8,11H,1-7,10H2,(H,12,13). The molecule has 4 N–H and O–H groups in total. The van der Waals surface area contributed by atoms with Gasteiger partial charge in [0.25, 0.3) is 0 Å². The summed E-state index contributed by atoms with van der Waals surface area (Å²) >= 11 is 0. The Kier molecular flexibility index (Phi) is 7.63. The van der Waals surface area contributed by atoms with Crippen LogP contribution in [0.5, 0.6) is 0 Å². The summed E-state index contributed by atoms with van der Waals surface area (Å²) < 4.78 is 0. The third-order valence-electron chi connectivity index (χ3n) is 1.97. The third-order valence-corrected chi connectivity index (χ3v) is 1.97. The minimum absolute atomic E-state index is 0.359. The predicted molar refractivity (Wildman–Crippen MR) is 50.4 cm³/mol. The largest absolute Gasteiger partial charge is 0.479 e. The lowest BCUT2D eigenvalue weighted by molar-refractivity contribution is -0.146. The first kappa shape index (κ1) is 12.4. The van der Waals surface area contributed by atoms with E-state index in [1.165, 1.54) is 0 Å². The Morgan fingerprint density at radius 1 is 1.15 bits per heavy atom. The first-order valence-corrected chi connectivity index (χ1v) is 4.79. The van der Waals surface area contributed by atoms with Crippen molar-refractivity contribution < 1.29 is 15.0 Å². The van der Waals surface area contributed by atoms with Gasteiger partial charge in [-0.25, -0.2) is 4.79 Å². The van der Waals surface area contributed by atoms with Gasteiger partial charge in [0, 0.05) is 0 Å². The minimum Gasteiger partial charge on any atom is -0.479 e. The fourth-order valence-electron chi connectivity index (χ4n) is 1.14. The molecular weight excluding hydrogens is 170 g/mol. The van der Waals surface area contributed by atoms with E-state index in [9.17, 15) is 4.79 Å². The van der Waals surface area contributed by atoms with Gasteiger partial charge in [-0.2, -0.15) is 0 Å². The molecule has 0 saturated carbocycles. The van der Waals surface area contributed by atoms with Crippen molar-refractivity contribution in [2.45, 2.75) is 44.6 Å². The van der Waals surface area contributed by atoms with Crippen molar-refractivity contribution in [3.05, 3.63) is 0 Å². The Balaban J connectivity index is 3.11. The molecule has 0 aliphatic heterocycles. The predicted octanol–water partition coefficient (Wildman–Crippen LogP) is 0.731. The van der Waals surface area contributed by atoms with Crippen molar-refractivity contribution >= 4 is 5.97 Å². The molecule has 0 rings (SSSR count). The molecule has 0 aromatic heterocycles. The van der Waals surface area contributed by atoms with Gasteiger partial charge in [-0.3, -0.25) is 0 Å². The molecule has 0 spiro atoms. The van der Waals surface area contributed by atoms with Gasteiger partial charge >= 0.3 is 5.97 Å². The van der Waals surface area contributed by atoms with E-state index in [2.05, 4.69) is 0 Å². The molecule has 4 heteroatoms. The average Bonchev–Trinajstić information content (AvgIpc) is 2.10. The van der Waals surface area contributed by atoms with E-state index >= 15 is 0 Å². The molecule has 0 aliphatic carbocycles. The zero-order valence-electron chi connectivity index (χ0n) is 7.91. The van der Waals surface area contributed by atoms with Gasteiger partial charge in [-0.1, -0.05) is 25.7 Å². The van der Waals surface area contributed by atoms with Crippen molar-refractivity contribution in [1.82, 2.24) is 0 Å². The lowest BCUT2D eigenvalue weighted by Crippen LogP contribution is -2.18. The minimum atomic E-state index is -1.19. The van der Waals surface area contributed by atoms with Crippen LogP contribution in [0.25, 0.3) is 0 Å². The van der Waals surface area contributed by atoms with Crippen LogP contribution in [-0.2, 0) is 4.79 Å². The van der Waals surface area contributed by atoms with Crippen LogP contribution >= 0.6 is 0 Å². The maximum absolute atomic E-state index is 10.2. The summed E-state index contributed by atoms with van der Waals surface area (Å²) in [6.07, 6.45) is 4.12. The molecule has 0 amide bonds. The van der Waals surface area contributed by atoms with Crippen LogP contribution in [0.4, 0.5) is 0 Å². The number of carboxylic acids is 1. The Morgan fingerprint density at radius 3 is 2.23 bits per heavy atom. The molecule has 4 nitrogen and oxygen atoms in total. The number of hydrogen-bond donors (Lipinski definition) is 3. The van der Waals surface area contributed by atoms with E-state index in [1.807, 2.05) is 0 Å². The van der Waals surface area contributed by atoms with Crippen molar-refractivity contribution in [2.75, 3.05) is 6.54 Å². The Morgan fingerprint density at radius 2 is 1.69 bits per heavy atom. The topological polar surface area (TPSA) is 83.5 Å². The lowest BCUT2D eigenvalue weighted by atomic mass is 10.1. The summed E-state index contributed by atoms with van der Waals surface area (Å²) in [6, 6.07) is 0.